The van der Waals surface area contributed by atoms with Gasteiger partial charge in [0.2, 0.25) is 0 Å². The third kappa shape index (κ3) is 4.92. The van der Waals surface area contributed by atoms with Crippen molar-refractivity contribution in [3.8, 4) is 55.6 Å². The van der Waals surface area contributed by atoms with Crippen molar-refractivity contribution in [2.24, 2.45) is 0 Å². The second kappa shape index (κ2) is 12.1. The number of hydrogen-bond donors (Lipinski definition) is 0. The minimum absolute atomic E-state index is 0.0507. The quantitative estimate of drug-likeness (QED) is 0.161. The Morgan fingerprint density at radius 2 is 0.745 bits per heavy atom. The molecule has 258 valence electrons. The summed E-state index contributed by atoms with van der Waals surface area (Å²) in [5.41, 5.74) is 15.5. The molecule has 0 bridgehead atoms. The van der Waals surface area contributed by atoms with Gasteiger partial charge in [-0.2, -0.15) is 0 Å². The Kier molecular flexibility index (Phi) is 7.00. The molecule has 0 fully saturated rings. The van der Waals surface area contributed by atoms with Crippen molar-refractivity contribution in [3.63, 3.8) is 0 Å². The largest absolute Gasteiger partial charge is 0.0616 e. The number of hydrogen-bond acceptors (Lipinski definition) is 0. The standard InChI is InChI=1S/C55H38/c1-55(2)51-30-29-41(33-49(51)50-32-39-14-3-4-15-40(39)34-52(50)55)38-17-11-18-42(31-38)54-47-22-9-7-20-45(47)53(46-21-8-10-23-48(46)54)37-27-25-36(26-28-37)44-24-12-16-35-13-5-6-19-43(35)44/h3-34H,1-2H3. The van der Waals surface area contributed by atoms with E-state index in [0.29, 0.717) is 0 Å². The van der Waals surface area contributed by atoms with E-state index >= 15 is 0 Å². The molecule has 55 heavy (non-hydrogen) atoms. The second-order valence-electron chi connectivity index (χ2n) is 15.7. The molecule has 0 heterocycles. The molecule has 11 rings (SSSR count). The van der Waals surface area contributed by atoms with Crippen LogP contribution in [-0.4, -0.2) is 0 Å². The molecule has 10 aromatic carbocycles. The molecule has 0 nitrogen and oxygen atoms in total. The van der Waals surface area contributed by atoms with E-state index in [4.69, 9.17) is 0 Å². The van der Waals surface area contributed by atoms with Crippen molar-refractivity contribution in [1.29, 1.82) is 0 Å². The highest BCUT2D eigenvalue weighted by molar-refractivity contribution is 6.21. The van der Waals surface area contributed by atoms with Gasteiger partial charge < -0.3 is 0 Å². The predicted molar refractivity (Wildman–Crippen MR) is 236 cm³/mol. The van der Waals surface area contributed by atoms with Crippen LogP contribution in [0.4, 0.5) is 0 Å². The van der Waals surface area contributed by atoms with Crippen LogP contribution in [0.5, 0.6) is 0 Å². The Bertz CT molecular complexity index is 3100. The lowest BCUT2D eigenvalue weighted by Crippen LogP contribution is -2.14. The molecule has 1 aliphatic rings. The Morgan fingerprint density at radius 1 is 0.273 bits per heavy atom. The number of fused-ring (bicyclic) bond motifs is 7. The van der Waals surface area contributed by atoms with E-state index in [9.17, 15) is 0 Å². The number of rotatable bonds is 4. The normalized spacial score (nSPS) is 13.1. The molecule has 0 saturated heterocycles. The number of benzene rings is 10. The molecule has 0 radical (unpaired) electrons. The van der Waals surface area contributed by atoms with Gasteiger partial charge in [-0.15, -0.1) is 0 Å². The first-order valence-electron chi connectivity index (χ1n) is 19.3. The van der Waals surface area contributed by atoms with Gasteiger partial charge in [-0.1, -0.05) is 184 Å². The fourth-order valence-corrected chi connectivity index (χ4v) is 9.52. The smallest absolute Gasteiger partial charge is 0.0159 e. The van der Waals surface area contributed by atoms with Crippen LogP contribution in [0.3, 0.4) is 0 Å². The van der Waals surface area contributed by atoms with E-state index < -0.39 is 0 Å². The zero-order valence-electron chi connectivity index (χ0n) is 31.0. The van der Waals surface area contributed by atoms with E-state index in [0.717, 1.165) is 0 Å². The lowest BCUT2D eigenvalue weighted by atomic mass is 9.81. The summed E-state index contributed by atoms with van der Waals surface area (Å²) in [7, 11) is 0. The van der Waals surface area contributed by atoms with Crippen molar-refractivity contribution in [3.05, 3.63) is 205 Å². The highest BCUT2D eigenvalue weighted by Crippen LogP contribution is 2.51. The van der Waals surface area contributed by atoms with Crippen LogP contribution in [-0.2, 0) is 5.41 Å². The summed E-state index contributed by atoms with van der Waals surface area (Å²) < 4.78 is 0. The van der Waals surface area contributed by atoms with Crippen LogP contribution >= 0.6 is 0 Å². The van der Waals surface area contributed by atoms with Crippen LogP contribution in [0.15, 0.2) is 194 Å². The maximum Gasteiger partial charge on any atom is 0.0159 e. The molecule has 0 spiro atoms. The van der Waals surface area contributed by atoms with E-state index in [2.05, 4.69) is 208 Å². The predicted octanol–water partition coefficient (Wildman–Crippen LogP) is 15.3. The van der Waals surface area contributed by atoms with Gasteiger partial charge >= 0.3 is 0 Å². The van der Waals surface area contributed by atoms with Crippen LogP contribution in [0.25, 0.3) is 98.7 Å². The molecule has 0 atom stereocenters. The lowest BCUT2D eigenvalue weighted by Gasteiger charge is -2.22. The van der Waals surface area contributed by atoms with Gasteiger partial charge in [-0.3, -0.25) is 0 Å². The van der Waals surface area contributed by atoms with E-state index in [-0.39, 0.29) is 5.41 Å². The molecule has 0 heteroatoms. The minimum atomic E-state index is -0.0507. The van der Waals surface area contributed by atoms with Crippen LogP contribution < -0.4 is 0 Å². The highest BCUT2D eigenvalue weighted by Gasteiger charge is 2.35. The summed E-state index contributed by atoms with van der Waals surface area (Å²) in [6.07, 6.45) is 0. The van der Waals surface area contributed by atoms with Crippen molar-refractivity contribution in [2.45, 2.75) is 19.3 Å². The Balaban J connectivity index is 1.05. The molecular weight excluding hydrogens is 661 g/mol. The SMILES string of the molecule is CC1(C)c2ccc(-c3cccc(-c4c5ccccc5c(-c5ccc(-c6cccc7ccccc67)cc5)c5ccccc45)c3)cc2-c2cc3ccccc3cc21. The van der Waals surface area contributed by atoms with Gasteiger partial charge in [0.25, 0.3) is 0 Å². The van der Waals surface area contributed by atoms with Crippen molar-refractivity contribution < 1.29 is 0 Å². The zero-order chi connectivity index (χ0) is 36.7. The van der Waals surface area contributed by atoms with Gasteiger partial charge in [0.1, 0.15) is 0 Å². The maximum atomic E-state index is 2.43. The summed E-state index contributed by atoms with van der Waals surface area (Å²) in [5, 5.41) is 10.2. The van der Waals surface area contributed by atoms with E-state index in [1.807, 2.05) is 0 Å². The lowest BCUT2D eigenvalue weighted by molar-refractivity contribution is 0.661. The van der Waals surface area contributed by atoms with Crippen molar-refractivity contribution in [1.82, 2.24) is 0 Å². The summed E-state index contributed by atoms with van der Waals surface area (Å²) in [6.45, 7) is 4.73. The fourth-order valence-electron chi connectivity index (χ4n) is 9.52. The minimum Gasteiger partial charge on any atom is -0.0616 e. The molecule has 0 aromatic heterocycles. The van der Waals surface area contributed by atoms with Gasteiger partial charge in [0.05, 0.1) is 0 Å². The first kappa shape index (κ1) is 31.7. The molecule has 0 N–H and O–H groups in total. The maximum absolute atomic E-state index is 2.43. The average Bonchev–Trinajstić information content (AvgIpc) is 3.46. The topological polar surface area (TPSA) is 0 Å². The summed E-state index contributed by atoms with van der Waals surface area (Å²) in [5.74, 6) is 0. The molecule has 0 amide bonds. The zero-order valence-corrected chi connectivity index (χ0v) is 31.0. The Labute approximate surface area is 322 Å². The van der Waals surface area contributed by atoms with Crippen LogP contribution in [0.2, 0.25) is 0 Å². The monoisotopic (exact) mass is 698 g/mol. The van der Waals surface area contributed by atoms with Crippen LogP contribution in [0.1, 0.15) is 25.0 Å². The van der Waals surface area contributed by atoms with Crippen molar-refractivity contribution >= 4 is 43.1 Å². The van der Waals surface area contributed by atoms with E-state index in [1.54, 1.807) is 0 Å². The molecule has 0 aliphatic heterocycles. The van der Waals surface area contributed by atoms with Gasteiger partial charge in [-0.25, -0.2) is 0 Å². The summed E-state index contributed by atoms with van der Waals surface area (Å²) in [6, 6.07) is 72.2. The first-order chi connectivity index (χ1) is 27.0. The fraction of sp³-hybridized carbons (Fsp3) is 0.0545. The molecule has 10 aromatic rings. The van der Waals surface area contributed by atoms with Gasteiger partial charge in [0, 0.05) is 5.41 Å². The molecule has 1 aliphatic carbocycles. The van der Waals surface area contributed by atoms with Gasteiger partial charge in [-0.05, 0) is 134 Å². The molecule has 0 saturated carbocycles. The molecular formula is C55H38. The summed E-state index contributed by atoms with van der Waals surface area (Å²) in [4.78, 5) is 0. The van der Waals surface area contributed by atoms with Gasteiger partial charge in [0.15, 0.2) is 0 Å². The second-order valence-corrected chi connectivity index (χ2v) is 15.7. The van der Waals surface area contributed by atoms with Crippen molar-refractivity contribution in [2.75, 3.05) is 0 Å². The summed E-state index contributed by atoms with van der Waals surface area (Å²) >= 11 is 0. The first-order valence-corrected chi connectivity index (χ1v) is 19.3. The Morgan fingerprint density at radius 3 is 1.44 bits per heavy atom. The van der Waals surface area contributed by atoms with Crippen LogP contribution in [0, 0.1) is 0 Å². The third-order valence-electron chi connectivity index (χ3n) is 12.2. The average molecular weight is 699 g/mol. The highest BCUT2D eigenvalue weighted by atomic mass is 14.4. The van der Waals surface area contributed by atoms with E-state index in [1.165, 1.54) is 110 Å². The third-order valence-corrected chi connectivity index (χ3v) is 12.2. The molecule has 0 unspecified atom stereocenters. The Hall–Kier alpha value is -6.76.